The number of allylic oxidation sites excluding steroid dienone is 1. The lowest BCUT2D eigenvalue weighted by atomic mass is 9.89. The number of hydrogen-bond acceptors (Lipinski definition) is 7. The molecule has 7 heteroatoms. The molecule has 3 unspecified atom stereocenters. The molecule has 2 aromatic rings. The van der Waals surface area contributed by atoms with Crippen molar-refractivity contribution in [2.24, 2.45) is 0 Å². The van der Waals surface area contributed by atoms with Gasteiger partial charge in [0, 0.05) is 93.1 Å². The first-order chi connectivity index (χ1) is 23.2. The van der Waals surface area contributed by atoms with Crippen molar-refractivity contribution in [3.63, 3.8) is 0 Å². The fraction of sp³-hybridized carbons (Fsp3) is 0.585. The average molecular weight is 654 g/mol. The van der Waals surface area contributed by atoms with E-state index in [2.05, 4.69) is 114 Å². The Balaban J connectivity index is 1.03. The van der Waals surface area contributed by atoms with Crippen LogP contribution in [0.25, 0.3) is 0 Å². The van der Waals surface area contributed by atoms with Crippen molar-refractivity contribution < 1.29 is 0 Å². The number of benzene rings is 1. The number of nitrogens with one attached hydrogen (secondary N) is 2. The molecule has 0 saturated carbocycles. The molecule has 0 radical (unpaired) electrons. The second-order valence-corrected chi connectivity index (χ2v) is 14.7. The molecule has 1 aromatic heterocycles. The Morgan fingerprint density at radius 2 is 1.77 bits per heavy atom. The Bertz CT molecular complexity index is 1350. The molecule has 48 heavy (non-hydrogen) atoms. The van der Waals surface area contributed by atoms with Crippen molar-refractivity contribution in [1.29, 1.82) is 0 Å². The van der Waals surface area contributed by atoms with Crippen molar-refractivity contribution in [3.8, 4) is 0 Å². The van der Waals surface area contributed by atoms with Crippen molar-refractivity contribution >= 4 is 5.69 Å². The number of pyridine rings is 1. The Labute approximate surface area is 292 Å². The van der Waals surface area contributed by atoms with E-state index in [0.717, 1.165) is 95.9 Å². The van der Waals surface area contributed by atoms with Gasteiger partial charge < -0.3 is 20.4 Å². The topological polar surface area (TPSA) is 49.9 Å². The third-order valence-corrected chi connectivity index (χ3v) is 11.2. The van der Waals surface area contributed by atoms with Crippen LogP contribution in [0, 0.1) is 0 Å². The molecule has 0 bridgehead atoms. The number of aromatic nitrogens is 1. The Kier molecular flexibility index (Phi) is 13.2. The Morgan fingerprint density at radius 3 is 2.48 bits per heavy atom. The van der Waals surface area contributed by atoms with Crippen LogP contribution in [0.1, 0.15) is 88.5 Å². The van der Waals surface area contributed by atoms with Gasteiger partial charge in [-0.1, -0.05) is 45.7 Å². The maximum atomic E-state index is 4.70. The quantitative estimate of drug-likeness (QED) is 0.217. The first-order valence-electron chi connectivity index (χ1n) is 18.8. The minimum Gasteiger partial charge on any atom is -0.372 e. The van der Waals surface area contributed by atoms with E-state index in [1.165, 1.54) is 47.5 Å². The summed E-state index contributed by atoms with van der Waals surface area (Å²) in [6.07, 6.45) is 11.0. The average Bonchev–Trinajstić information content (AvgIpc) is 3.10. The number of hydrogen-bond donors (Lipinski definition) is 2. The third-order valence-electron chi connectivity index (χ3n) is 11.2. The molecule has 5 rings (SSSR count). The highest BCUT2D eigenvalue weighted by atomic mass is 15.3. The van der Waals surface area contributed by atoms with Crippen LogP contribution in [0.4, 0.5) is 5.69 Å². The largest absolute Gasteiger partial charge is 0.372 e. The molecule has 3 saturated heterocycles. The lowest BCUT2D eigenvalue weighted by molar-refractivity contribution is 0.137. The Morgan fingerprint density at radius 1 is 1.00 bits per heavy atom. The number of anilines is 1. The number of piperidine rings is 2. The van der Waals surface area contributed by atoms with Gasteiger partial charge in [0.1, 0.15) is 0 Å². The van der Waals surface area contributed by atoms with Gasteiger partial charge in [0.25, 0.3) is 0 Å². The summed E-state index contributed by atoms with van der Waals surface area (Å²) in [7, 11) is 2.20. The number of rotatable bonds is 15. The van der Waals surface area contributed by atoms with Crippen LogP contribution in [0.15, 0.2) is 79.4 Å². The molecule has 1 aromatic carbocycles. The molecule has 0 spiro atoms. The lowest BCUT2D eigenvalue weighted by Gasteiger charge is -2.40. The fourth-order valence-electron chi connectivity index (χ4n) is 7.74. The molecule has 3 aliphatic rings. The summed E-state index contributed by atoms with van der Waals surface area (Å²) in [4.78, 5) is 14.8. The molecule has 3 fully saturated rings. The molecule has 0 aliphatic carbocycles. The van der Waals surface area contributed by atoms with Crippen LogP contribution < -0.4 is 15.5 Å². The number of likely N-dealkylation sites (N-methyl/N-ethyl adjacent to an activating group) is 1. The highest BCUT2D eigenvalue weighted by molar-refractivity contribution is 5.51. The van der Waals surface area contributed by atoms with E-state index in [1.807, 2.05) is 6.20 Å². The third kappa shape index (κ3) is 9.96. The predicted molar refractivity (Wildman–Crippen MR) is 203 cm³/mol. The van der Waals surface area contributed by atoms with E-state index in [4.69, 9.17) is 4.98 Å². The molecule has 262 valence electrons. The fourth-order valence-corrected chi connectivity index (χ4v) is 7.74. The molecular weight excluding hydrogens is 591 g/mol. The summed E-state index contributed by atoms with van der Waals surface area (Å²) in [5.74, 6) is 0.613. The van der Waals surface area contributed by atoms with Crippen molar-refractivity contribution in [2.75, 3.05) is 57.8 Å². The standard InChI is InChI=1S/C41H63N7/c1-8-31(3)44-38(9-2)14-15-39-27-35(17-20-42-39)30-47-23-25-48(26-24-47)33(5)29-46-21-18-36(19-22-46)37-11-10-12-40(28-37)45(7)41-16-13-32(4)43-34(41)6/h10-12,17,20,27-28,31,36,38,41,43-44H,4-6,8-9,13-16,18-19,21-26,29-30H2,1-3,7H3. The van der Waals surface area contributed by atoms with Gasteiger partial charge in [-0.15, -0.1) is 0 Å². The monoisotopic (exact) mass is 654 g/mol. The minimum atomic E-state index is 0.301. The summed E-state index contributed by atoms with van der Waals surface area (Å²) >= 11 is 0. The summed E-state index contributed by atoms with van der Waals surface area (Å²) < 4.78 is 0. The van der Waals surface area contributed by atoms with E-state index in [0.29, 0.717) is 24.0 Å². The van der Waals surface area contributed by atoms with E-state index < -0.39 is 0 Å². The molecule has 4 heterocycles. The summed E-state index contributed by atoms with van der Waals surface area (Å²) in [5, 5.41) is 7.15. The molecule has 0 amide bonds. The van der Waals surface area contributed by atoms with E-state index in [9.17, 15) is 0 Å². The van der Waals surface area contributed by atoms with E-state index in [1.54, 1.807) is 0 Å². The van der Waals surface area contributed by atoms with Crippen LogP contribution in [-0.2, 0) is 13.0 Å². The zero-order valence-electron chi connectivity index (χ0n) is 30.5. The van der Waals surface area contributed by atoms with Gasteiger partial charge in [-0.3, -0.25) is 14.8 Å². The zero-order valence-corrected chi connectivity index (χ0v) is 30.5. The lowest BCUT2D eigenvalue weighted by Crippen LogP contribution is -2.47. The van der Waals surface area contributed by atoms with Crippen molar-refractivity contribution in [2.45, 2.75) is 103 Å². The van der Waals surface area contributed by atoms with Crippen molar-refractivity contribution in [1.82, 2.24) is 30.3 Å². The van der Waals surface area contributed by atoms with Gasteiger partial charge in [-0.2, -0.15) is 0 Å². The van der Waals surface area contributed by atoms with Gasteiger partial charge >= 0.3 is 0 Å². The van der Waals surface area contributed by atoms with Crippen LogP contribution in [0.5, 0.6) is 0 Å². The normalized spacial score (nSPS) is 21.2. The summed E-state index contributed by atoms with van der Waals surface area (Å²) in [5.41, 5.74) is 8.77. The predicted octanol–water partition coefficient (Wildman–Crippen LogP) is 6.91. The van der Waals surface area contributed by atoms with Crippen LogP contribution in [-0.4, -0.2) is 90.7 Å². The first kappa shape index (κ1) is 36.2. The van der Waals surface area contributed by atoms with Gasteiger partial charge in [0.15, 0.2) is 0 Å². The van der Waals surface area contributed by atoms with Gasteiger partial charge in [-0.05, 0) is 113 Å². The maximum absolute atomic E-state index is 4.70. The number of aryl methyl sites for hydroxylation is 1. The number of nitrogens with zero attached hydrogens (tertiary/aromatic N) is 5. The summed E-state index contributed by atoms with van der Waals surface area (Å²) in [6.45, 7) is 28.3. The highest BCUT2D eigenvalue weighted by Gasteiger charge is 2.26. The molecule has 7 nitrogen and oxygen atoms in total. The van der Waals surface area contributed by atoms with E-state index in [-0.39, 0.29) is 0 Å². The molecule has 2 N–H and O–H groups in total. The number of likely N-dealkylation sites (tertiary alicyclic amines) is 1. The second kappa shape index (κ2) is 17.5. The molecule has 3 aliphatic heterocycles. The van der Waals surface area contributed by atoms with Crippen LogP contribution in [0.3, 0.4) is 0 Å². The first-order valence-corrected chi connectivity index (χ1v) is 18.8. The van der Waals surface area contributed by atoms with Gasteiger partial charge in [0.2, 0.25) is 0 Å². The summed E-state index contributed by atoms with van der Waals surface area (Å²) in [6, 6.07) is 15.2. The second-order valence-electron chi connectivity index (χ2n) is 14.7. The maximum Gasteiger partial charge on any atom is 0.0686 e. The Hall–Kier alpha value is -3.13. The molecule has 3 atom stereocenters. The van der Waals surface area contributed by atoms with Crippen LogP contribution in [0.2, 0.25) is 0 Å². The van der Waals surface area contributed by atoms with Gasteiger partial charge in [-0.25, -0.2) is 0 Å². The SMILES string of the molecule is C=C1CCC(N(C)c2cccc(C3CCN(CC(=C)N4CCN(Cc5ccnc(CCC(CC)NC(C)CC)c5)CC4)CC3)c2)C(=C)N1. The van der Waals surface area contributed by atoms with Crippen molar-refractivity contribution in [3.05, 3.63) is 96.2 Å². The number of piperazine rings is 1. The van der Waals surface area contributed by atoms with Gasteiger partial charge in [0.05, 0.1) is 6.04 Å². The molecular formula is C41H63N7. The van der Waals surface area contributed by atoms with Crippen LogP contribution >= 0.6 is 0 Å². The minimum absolute atomic E-state index is 0.301. The smallest absolute Gasteiger partial charge is 0.0686 e. The highest BCUT2D eigenvalue weighted by Crippen LogP contribution is 2.32. The van der Waals surface area contributed by atoms with E-state index >= 15 is 0 Å². The zero-order chi connectivity index (χ0) is 34.0.